The molecule has 3 rings (SSSR count). The lowest BCUT2D eigenvalue weighted by Gasteiger charge is -2.31. The molecule has 1 aromatic heterocycles. The number of hydrogen-bond donors (Lipinski definition) is 0. The largest absolute Gasteiger partial charge is 0.354 e. The van der Waals surface area contributed by atoms with Crippen LogP contribution in [0.15, 0.2) is 35.4 Å². The summed E-state index contributed by atoms with van der Waals surface area (Å²) >= 11 is 3.43. The molecular formula is C19H25N3OS2. The Balaban J connectivity index is 1.62. The summed E-state index contributed by atoms with van der Waals surface area (Å²) in [5, 5.41) is 1.04. The van der Waals surface area contributed by atoms with Crippen molar-refractivity contribution in [3.05, 3.63) is 40.9 Å². The van der Waals surface area contributed by atoms with Crippen LogP contribution >= 0.6 is 23.1 Å². The van der Waals surface area contributed by atoms with E-state index in [0.29, 0.717) is 0 Å². The number of hydrogen-bond acceptors (Lipinski definition) is 6. The van der Waals surface area contributed by atoms with Gasteiger partial charge in [-0.1, -0.05) is 12.1 Å². The monoisotopic (exact) mass is 375 g/mol. The van der Waals surface area contributed by atoms with E-state index in [-0.39, 0.29) is 11.7 Å². The van der Waals surface area contributed by atoms with Crippen LogP contribution < -0.4 is 4.90 Å². The highest BCUT2D eigenvalue weighted by Crippen LogP contribution is 2.26. The molecule has 0 unspecified atom stereocenters. The number of Topliss-reactive ketones (excluding diaryl/α,β-unsaturated/α-hetero) is 1. The first kappa shape index (κ1) is 18.4. The zero-order chi connectivity index (χ0) is 17.8. The summed E-state index contributed by atoms with van der Waals surface area (Å²) in [4.78, 5) is 24.2. The summed E-state index contributed by atoms with van der Waals surface area (Å²) in [6.45, 7) is 2.80. The fraction of sp³-hybridized carbons (Fsp3) is 0.474. The molecule has 1 atom stereocenters. The topological polar surface area (TPSA) is 36.4 Å². The molecule has 0 saturated carbocycles. The first-order valence-corrected chi connectivity index (χ1v) is 10.6. The maximum Gasteiger partial charge on any atom is 0.185 e. The molecule has 0 radical (unpaired) electrons. The Morgan fingerprint density at radius 3 is 2.76 bits per heavy atom. The van der Waals surface area contributed by atoms with Gasteiger partial charge >= 0.3 is 0 Å². The normalized spacial score (nSPS) is 18.3. The third kappa shape index (κ3) is 4.63. The SMILES string of the molecule is CSc1ccc(C(=O)[C@@H]2CCCN(Cc3cnc(N(C)C)s3)C2)cc1. The molecule has 2 aromatic rings. The van der Waals surface area contributed by atoms with E-state index < -0.39 is 0 Å². The highest BCUT2D eigenvalue weighted by Gasteiger charge is 2.27. The van der Waals surface area contributed by atoms with Crippen LogP contribution in [0.2, 0.25) is 0 Å². The van der Waals surface area contributed by atoms with Crippen LogP contribution in [0.1, 0.15) is 28.1 Å². The third-order valence-electron chi connectivity index (χ3n) is 4.55. The smallest absolute Gasteiger partial charge is 0.185 e. The van der Waals surface area contributed by atoms with Crippen molar-refractivity contribution < 1.29 is 4.79 Å². The Morgan fingerprint density at radius 1 is 1.36 bits per heavy atom. The number of aromatic nitrogens is 1. The minimum atomic E-state index is 0.107. The Morgan fingerprint density at radius 2 is 2.12 bits per heavy atom. The van der Waals surface area contributed by atoms with Crippen LogP contribution in [0.25, 0.3) is 0 Å². The van der Waals surface area contributed by atoms with Gasteiger partial charge in [-0.05, 0) is 37.8 Å². The van der Waals surface area contributed by atoms with Crippen LogP contribution in [-0.2, 0) is 6.54 Å². The average Bonchev–Trinajstić information content (AvgIpc) is 3.10. The molecule has 0 bridgehead atoms. The third-order valence-corrected chi connectivity index (χ3v) is 6.45. The van der Waals surface area contributed by atoms with Crippen molar-refractivity contribution in [2.75, 3.05) is 38.3 Å². The summed E-state index contributed by atoms with van der Waals surface area (Å²) < 4.78 is 0. The molecule has 0 aliphatic carbocycles. The van der Waals surface area contributed by atoms with Crippen LogP contribution in [0.3, 0.4) is 0 Å². The molecule has 0 spiro atoms. The lowest BCUT2D eigenvalue weighted by atomic mass is 9.90. The zero-order valence-electron chi connectivity index (χ0n) is 15.1. The quantitative estimate of drug-likeness (QED) is 0.563. The van der Waals surface area contributed by atoms with E-state index in [1.54, 1.807) is 23.1 Å². The number of ketones is 1. The van der Waals surface area contributed by atoms with E-state index in [1.807, 2.05) is 49.5 Å². The molecule has 25 heavy (non-hydrogen) atoms. The number of thiazole rings is 1. The van der Waals surface area contributed by atoms with Gasteiger partial charge in [-0.2, -0.15) is 0 Å². The summed E-state index contributed by atoms with van der Waals surface area (Å²) in [7, 11) is 4.03. The van der Waals surface area contributed by atoms with E-state index in [1.165, 1.54) is 9.77 Å². The molecule has 1 aliphatic rings. The molecule has 2 heterocycles. The molecule has 4 nitrogen and oxygen atoms in total. The predicted molar refractivity (Wildman–Crippen MR) is 107 cm³/mol. The van der Waals surface area contributed by atoms with Crippen molar-refractivity contribution in [2.45, 2.75) is 24.3 Å². The summed E-state index contributed by atoms with van der Waals surface area (Å²) in [6.07, 6.45) is 6.09. The highest BCUT2D eigenvalue weighted by molar-refractivity contribution is 7.98. The van der Waals surface area contributed by atoms with Crippen LogP contribution in [-0.4, -0.2) is 49.1 Å². The van der Waals surface area contributed by atoms with Crippen molar-refractivity contribution in [3.8, 4) is 0 Å². The Labute approximate surface area is 158 Å². The molecule has 6 heteroatoms. The molecule has 1 saturated heterocycles. The number of rotatable bonds is 6. The minimum Gasteiger partial charge on any atom is -0.354 e. The van der Waals surface area contributed by atoms with Gasteiger partial charge in [0.25, 0.3) is 0 Å². The van der Waals surface area contributed by atoms with Gasteiger partial charge in [0.1, 0.15) is 0 Å². The number of likely N-dealkylation sites (tertiary alicyclic amines) is 1. The summed E-state index contributed by atoms with van der Waals surface area (Å²) in [5.41, 5.74) is 0.845. The number of carbonyl (C=O) groups is 1. The summed E-state index contributed by atoms with van der Waals surface area (Å²) in [5.74, 6) is 0.394. The van der Waals surface area contributed by atoms with Gasteiger partial charge in [0.2, 0.25) is 0 Å². The second-order valence-electron chi connectivity index (χ2n) is 6.67. The lowest BCUT2D eigenvalue weighted by molar-refractivity contribution is 0.0812. The van der Waals surface area contributed by atoms with Crippen molar-refractivity contribution in [3.63, 3.8) is 0 Å². The van der Waals surface area contributed by atoms with E-state index in [2.05, 4.69) is 16.1 Å². The van der Waals surface area contributed by atoms with Gasteiger partial charge in [-0.25, -0.2) is 4.98 Å². The first-order valence-electron chi connectivity index (χ1n) is 8.59. The number of thioether (sulfide) groups is 1. The van der Waals surface area contributed by atoms with E-state index in [0.717, 1.165) is 43.2 Å². The lowest BCUT2D eigenvalue weighted by Crippen LogP contribution is -2.38. The molecular weight excluding hydrogens is 350 g/mol. The number of piperidine rings is 1. The first-order chi connectivity index (χ1) is 12.1. The molecule has 1 fully saturated rings. The number of nitrogens with zero attached hydrogens (tertiary/aromatic N) is 3. The molecule has 134 valence electrons. The average molecular weight is 376 g/mol. The second-order valence-corrected chi connectivity index (χ2v) is 8.64. The molecule has 1 aromatic carbocycles. The van der Waals surface area contributed by atoms with Gasteiger partial charge in [-0.3, -0.25) is 9.69 Å². The summed E-state index contributed by atoms with van der Waals surface area (Å²) in [6, 6.07) is 8.02. The van der Waals surface area contributed by atoms with Crippen molar-refractivity contribution in [1.82, 2.24) is 9.88 Å². The van der Waals surface area contributed by atoms with Gasteiger partial charge < -0.3 is 4.90 Å². The predicted octanol–water partition coefficient (Wildman–Crippen LogP) is 4.03. The Hall–Kier alpha value is -1.37. The van der Waals surface area contributed by atoms with E-state index in [9.17, 15) is 4.79 Å². The molecule has 0 amide bonds. The Kier molecular flexibility index (Phi) is 6.15. The van der Waals surface area contributed by atoms with E-state index >= 15 is 0 Å². The fourth-order valence-corrected chi connectivity index (χ4v) is 4.48. The number of benzene rings is 1. The number of anilines is 1. The second kappa shape index (κ2) is 8.34. The maximum atomic E-state index is 12.8. The van der Waals surface area contributed by atoms with Crippen LogP contribution in [0.4, 0.5) is 5.13 Å². The van der Waals surface area contributed by atoms with Gasteiger partial charge in [-0.15, -0.1) is 23.1 Å². The highest BCUT2D eigenvalue weighted by atomic mass is 32.2. The van der Waals surface area contributed by atoms with Gasteiger partial charge in [0.05, 0.1) is 0 Å². The minimum absolute atomic E-state index is 0.107. The van der Waals surface area contributed by atoms with Crippen molar-refractivity contribution in [2.24, 2.45) is 5.92 Å². The van der Waals surface area contributed by atoms with Crippen LogP contribution in [0, 0.1) is 5.92 Å². The maximum absolute atomic E-state index is 12.8. The number of carbonyl (C=O) groups excluding carboxylic acids is 1. The Bertz CT molecular complexity index is 712. The van der Waals surface area contributed by atoms with Crippen molar-refractivity contribution >= 4 is 34.0 Å². The van der Waals surface area contributed by atoms with Gasteiger partial charge in [0, 0.05) is 54.6 Å². The van der Waals surface area contributed by atoms with Crippen LogP contribution in [0.5, 0.6) is 0 Å². The zero-order valence-corrected chi connectivity index (χ0v) is 16.7. The molecule has 1 aliphatic heterocycles. The standard InChI is InChI=1S/C19H25N3OS2/c1-21(2)19-20-11-17(25-19)13-22-10-4-5-15(12-22)18(23)14-6-8-16(24-3)9-7-14/h6-9,11,15H,4-5,10,12-13H2,1-3H3/t15-/m1/s1. The van der Waals surface area contributed by atoms with Crippen molar-refractivity contribution in [1.29, 1.82) is 0 Å². The van der Waals surface area contributed by atoms with E-state index in [4.69, 9.17) is 0 Å². The van der Waals surface area contributed by atoms with Gasteiger partial charge in [0.15, 0.2) is 10.9 Å². The molecule has 0 N–H and O–H groups in total. The fourth-order valence-electron chi connectivity index (χ4n) is 3.20.